The predicted octanol–water partition coefficient (Wildman–Crippen LogP) is 1.98. The van der Waals surface area contributed by atoms with Gasteiger partial charge in [-0.15, -0.1) is 0 Å². The largest absolute Gasteiger partial charge is 0.377 e. The van der Waals surface area contributed by atoms with Crippen LogP contribution in [0.25, 0.3) is 0 Å². The molecule has 0 aromatic carbocycles. The molecule has 0 radical (unpaired) electrons. The summed E-state index contributed by atoms with van der Waals surface area (Å²) >= 11 is 0. The number of nitrogens with one attached hydrogen (secondary N) is 1. The topological polar surface area (TPSA) is 24.5 Å². The molecule has 3 heteroatoms. The third-order valence-corrected chi connectivity index (χ3v) is 2.33. The third-order valence-electron chi connectivity index (χ3n) is 2.33. The number of hydrogen-bond donors (Lipinski definition) is 1. The summed E-state index contributed by atoms with van der Waals surface area (Å²) < 4.78 is 5.53. The van der Waals surface area contributed by atoms with Gasteiger partial charge in [-0.3, -0.25) is 0 Å². The van der Waals surface area contributed by atoms with Crippen molar-refractivity contribution in [3.05, 3.63) is 0 Å². The zero-order chi connectivity index (χ0) is 12.6. The monoisotopic (exact) mass is 230 g/mol. The average molecular weight is 230 g/mol. The summed E-state index contributed by atoms with van der Waals surface area (Å²) in [6.07, 6.45) is 1.55. The lowest BCUT2D eigenvalue weighted by Crippen LogP contribution is -2.40. The number of nitrogens with zero attached hydrogens (tertiary/aromatic N) is 1. The van der Waals surface area contributed by atoms with Gasteiger partial charge in [0, 0.05) is 19.1 Å². The maximum atomic E-state index is 5.53. The van der Waals surface area contributed by atoms with E-state index in [0.717, 1.165) is 25.6 Å². The van der Waals surface area contributed by atoms with E-state index in [1.54, 1.807) is 0 Å². The molecular formula is C13H30N2O. The Morgan fingerprint density at radius 2 is 1.75 bits per heavy atom. The summed E-state index contributed by atoms with van der Waals surface area (Å²) in [5, 5.41) is 3.57. The van der Waals surface area contributed by atoms with Crippen LogP contribution < -0.4 is 5.32 Å². The van der Waals surface area contributed by atoms with E-state index in [9.17, 15) is 0 Å². The van der Waals surface area contributed by atoms with Gasteiger partial charge in [-0.1, -0.05) is 13.8 Å². The second-order valence-electron chi connectivity index (χ2n) is 5.46. The molecule has 0 heterocycles. The average Bonchev–Trinajstić information content (AvgIpc) is 2.09. The second-order valence-corrected chi connectivity index (χ2v) is 5.46. The summed E-state index contributed by atoms with van der Waals surface area (Å²) in [6, 6.07) is 0.575. The molecule has 16 heavy (non-hydrogen) atoms. The molecule has 0 saturated heterocycles. The van der Waals surface area contributed by atoms with Gasteiger partial charge in [-0.25, -0.2) is 0 Å². The van der Waals surface area contributed by atoms with E-state index in [2.05, 4.69) is 52.0 Å². The van der Waals surface area contributed by atoms with Crippen LogP contribution in [0.4, 0.5) is 0 Å². The van der Waals surface area contributed by atoms with Gasteiger partial charge in [-0.2, -0.15) is 0 Å². The Kier molecular flexibility index (Phi) is 8.90. The Balaban J connectivity index is 3.73. The number of ether oxygens (including phenoxy) is 1. The zero-order valence-electron chi connectivity index (χ0n) is 11.9. The molecule has 0 aliphatic carbocycles. The van der Waals surface area contributed by atoms with Crippen LogP contribution in [0.5, 0.6) is 0 Å². The molecule has 1 unspecified atom stereocenters. The van der Waals surface area contributed by atoms with Crippen LogP contribution in [0.3, 0.4) is 0 Å². The first-order valence-corrected chi connectivity index (χ1v) is 6.41. The van der Waals surface area contributed by atoms with Gasteiger partial charge < -0.3 is 15.0 Å². The van der Waals surface area contributed by atoms with Gasteiger partial charge in [0.2, 0.25) is 0 Å². The van der Waals surface area contributed by atoms with E-state index in [0.29, 0.717) is 12.1 Å². The van der Waals surface area contributed by atoms with Crippen LogP contribution in [0.15, 0.2) is 0 Å². The molecule has 0 rings (SSSR count). The van der Waals surface area contributed by atoms with E-state index < -0.39 is 0 Å². The van der Waals surface area contributed by atoms with E-state index in [1.165, 1.54) is 6.42 Å². The van der Waals surface area contributed by atoms with E-state index >= 15 is 0 Å². The molecule has 0 saturated carbocycles. The first-order chi connectivity index (χ1) is 7.41. The number of likely N-dealkylation sites (N-methyl/N-ethyl adjacent to an activating group) is 1. The molecule has 0 aliphatic rings. The fraction of sp³-hybridized carbons (Fsp3) is 1.00. The van der Waals surface area contributed by atoms with Crippen LogP contribution in [0.2, 0.25) is 0 Å². The SMILES string of the molecule is CC(C)CC(CN(C)C)NCCOC(C)C. The molecule has 98 valence electrons. The Bertz CT molecular complexity index is 148. The van der Waals surface area contributed by atoms with Crippen molar-refractivity contribution in [2.75, 3.05) is 33.8 Å². The van der Waals surface area contributed by atoms with Gasteiger partial charge in [0.05, 0.1) is 12.7 Å². The summed E-state index contributed by atoms with van der Waals surface area (Å²) in [7, 11) is 4.25. The third kappa shape index (κ3) is 10.4. The van der Waals surface area contributed by atoms with Crippen LogP contribution >= 0.6 is 0 Å². The van der Waals surface area contributed by atoms with Crippen molar-refractivity contribution >= 4 is 0 Å². The molecule has 0 bridgehead atoms. The summed E-state index contributed by atoms with van der Waals surface area (Å²) in [5.41, 5.74) is 0. The quantitative estimate of drug-likeness (QED) is 0.613. The first kappa shape index (κ1) is 15.9. The highest BCUT2D eigenvalue weighted by Gasteiger charge is 2.11. The Morgan fingerprint density at radius 3 is 2.19 bits per heavy atom. The number of hydrogen-bond acceptors (Lipinski definition) is 3. The van der Waals surface area contributed by atoms with Crippen molar-refractivity contribution in [3.8, 4) is 0 Å². The van der Waals surface area contributed by atoms with Gasteiger partial charge >= 0.3 is 0 Å². The lowest BCUT2D eigenvalue weighted by atomic mass is 10.0. The van der Waals surface area contributed by atoms with Crippen molar-refractivity contribution in [2.24, 2.45) is 5.92 Å². The summed E-state index contributed by atoms with van der Waals surface area (Å²) in [6.45, 7) is 11.5. The Labute approximate surface area is 102 Å². The highest BCUT2D eigenvalue weighted by atomic mass is 16.5. The van der Waals surface area contributed by atoms with Gasteiger partial charge in [0.15, 0.2) is 0 Å². The number of rotatable bonds is 9. The molecule has 0 fully saturated rings. The molecular weight excluding hydrogens is 200 g/mol. The van der Waals surface area contributed by atoms with Crippen molar-refractivity contribution in [1.82, 2.24) is 10.2 Å². The summed E-state index contributed by atoms with van der Waals surface area (Å²) in [5.74, 6) is 0.739. The molecule has 1 N–H and O–H groups in total. The standard InChI is InChI=1S/C13H30N2O/c1-11(2)9-13(10-15(5)6)14-7-8-16-12(3)4/h11-14H,7-10H2,1-6H3. The Morgan fingerprint density at radius 1 is 1.12 bits per heavy atom. The summed E-state index contributed by atoms with van der Waals surface area (Å²) in [4.78, 5) is 2.24. The van der Waals surface area contributed by atoms with Crippen molar-refractivity contribution in [2.45, 2.75) is 46.3 Å². The van der Waals surface area contributed by atoms with Gasteiger partial charge in [-0.05, 0) is 40.3 Å². The van der Waals surface area contributed by atoms with Crippen LogP contribution in [0, 0.1) is 5.92 Å². The van der Waals surface area contributed by atoms with Gasteiger partial charge in [0.1, 0.15) is 0 Å². The van der Waals surface area contributed by atoms with E-state index in [-0.39, 0.29) is 0 Å². The van der Waals surface area contributed by atoms with Crippen LogP contribution in [-0.2, 0) is 4.74 Å². The molecule has 0 aliphatic heterocycles. The minimum absolute atomic E-state index is 0.333. The smallest absolute Gasteiger partial charge is 0.0594 e. The molecule has 3 nitrogen and oxygen atoms in total. The van der Waals surface area contributed by atoms with Crippen molar-refractivity contribution in [3.63, 3.8) is 0 Å². The minimum atomic E-state index is 0.333. The van der Waals surface area contributed by atoms with E-state index in [1.807, 2.05) is 0 Å². The molecule has 0 spiro atoms. The Hall–Kier alpha value is -0.120. The minimum Gasteiger partial charge on any atom is -0.377 e. The molecule has 0 aromatic heterocycles. The second kappa shape index (κ2) is 8.97. The van der Waals surface area contributed by atoms with Crippen LogP contribution in [-0.4, -0.2) is 50.8 Å². The predicted molar refractivity (Wildman–Crippen MR) is 70.9 cm³/mol. The molecule has 0 aromatic rings. The van der Waals surface area contributed by atoms with Crippen molar-refractivity contribution in [1.29, 1.82) is 0 Å². The lowest BCUT2D eigenvalue weighted by Gasteiger charge is -2.24. The normalized spacial score (nSPS) is 14.1. The van der Waals surface area contributed by atoms with Crippen molar-refractivity contribution < 1.29 is 4.74 Å². The zero-order valence-corrected chi connectivity index (χ0v) is 11.9. The lowest BCUT2D eigenvalue weighted by molar-refractivity contribution is 0.0782. The van der Waals surface area contributed by atoms with Crippen LogP contribution in [0.1, 0.15) is 34.1 Å². The molecule has 0 amide bonds. The fourth-order valence-electron chi connectivity index (χ4n) is 1.79. The fourth-order valence-corrected chi connectivity index (χ4v) is 1.79. The highest BCUT2D eigenvalue weighted by molar-refractivity contribution is 4.71. The van der Waals surface area contributed by atoms with E-state index in [4.69, 9.17) is 4.74 Å². The maximum Gasteiger partial charge on any atom is 0.0594 e. The highest BCUT2D eigenvalue weighted by Crippen LogP contribution is 2.05. The molecule has 1 atom stereocenters. The maximum absolute atomic E-state index is 5.53. The van der Waals surface area contributed by atoms with Gasteiger partial charge in [0.25, 0.3) is 0 Å². The first-order valence-electron chi connectivity index (χ1n) is 6.41.